The SMILES string of the molecule is COC(=O)[C@@H](Cc1cccc(C)c1)NC(=O)c1c2ccccc2nc2ccccc12. The standard InChI is InChI=1S/C25H22N2O3/c1-16-8-7-9-17(14-16)15-22(25(29)30-2)27-24(28)23-18-10-3-5-12-20(18)26-21-13-6-4-11-19(21)23/h3-14,22H,15H2,1-2H3,(H,27,28)/t22-/m1/s1. The minimum Gasteiger partial charge on any atom is -0.467 e. The van der Waals surface area contributed by atoms with Crippen molar-refractivity contribution in [2.75, 3.05) is 7.11 Å². The Balaban J connectivity index is 1.75. The number of aryl methyl sites for hydroxylation is 1. The highest BCUT2D eigenvalue weighted by molar-refractivity contribution is 6.16. The number of benzene rings is 3. The van der Waals surface area contributed by atoms with E-state index in [2.05, 4.69) is 10.3 Å². The van der Waals surface area contributed by atoms with E-state index in [1.165, 1.54) is 7.11 Å². The molecule has 0 bridgehead atoms. The Hall–Kier alpha value is -3.73. The van der Waals surface area contributed by atoms with Crippen LogP contribution in [0.2, 0.25) is 0 Å². The van der Waals surface area contributed by atoms with Crippen molar-refractivity contribution in [2.24, 2.45) is 0 Å². The van der Waals surface area contributed by atoms with Crippen molar-refractivity contribution in [3.8, 4) is 0 Å². The van der Waals surface area contributed by atoms with Crippen LogP contribution < -0.4 is 5.32 Å². The number of amides is 1. The van der Waals surface area contributed by atoms with E-state index < -0.39 is 12.0 Å². The summed E-state index contributed by atoms with van der Waals surface area (Å²) < 4.78 is 4.96. The fraction of sp³-hybridized carbons (Fsp3) is 0.160. The van der Waals surface area contributed by atoms with Gasteiger partial charge in [-0.2, -0.15) is 0 Å². The van der Waals surface area contributed by atoms with Crippen LogP contribution in [-0.2, 0) is 16.0 Å². The quantitative estimate of drug-likeness (QED) is 0.404. The molecule has 1 aromatic heterocycles. The van der Waals surface area contributed by atoms with Crippen molar-refractivity contribution in [3.05, 3.63) is 89.5 Å². The average molecular weight is 398 g/mol. The van der Waals surface area contributed by atoms with Gasteiger partial charge in [0.1, 0.15) is 6.04 Å². The van der Waals surface area contributed by atoms with Crippen molar-refractivity contribution < 1.29 is 14.3 Å². The summed E-state index contributed by atoms with van der Waals surface area (Å²) in [7, 11) is 1.33. The number of nitrogens with one attached hydrogen (secondary N) is 1. The number of ether oxygens (including phenoxy) is 1. The number of pyridine rings is 1. The van der Waals surface area contributed by atoms with E-state index in [9.17, 15) is 9.59 Å². The Kier molecular flexibility index (Phi) is 5.44. The highest BCUT2D eigenvalue weighted by Crippen LogP contribution is 2.26. The van der Waals surface area contributed by atoms with Crippen LogP contribution in [0.25, 0.3) is 21.8 Å². The molecule has 0 fully saturated rings. The molecule has 5 heteroatoms. The molecular formula is C25H22N2O3. The summed E-state index contributed by atoms with van der Waals surface area (Å²) in [6, 6.07) is 22.1. The molecule has 0 saturated carbocycles. The molecule has 0 unspecified atom stereocenters. The number of aromatic nitrogens is 1. The lowest BCUT2D eigenvalue weighted by Crippen LogP contribution is -2.43. The number of fused-ring (bicyclic) bond motifs is 2. The summed E-state index contributed by atoms with van der Waals surface area (Å²) in [6.07, 6.45) is 0.348. The summed E-state index contributed by atoms with van der Waals surface area (Å²) in [5.41, 5.74) is 4.02. The maximum Gasteiger partial charge on any atom is 0.328 e. The first-order valence-corrected chi connectivity index (χ1v) is 9.78. The van der Waals surface area contributed by atoms with Crippen molar-refractivity contribution in [1.82, 2.24) is 10.3 Å². The number of esters is 1. The largest absolute Gasteiger partial charge is 0.467 e. The first kappa shape index (κ1) is 19.6. The first-order valence-electron chi connectivity index (χ1n) is 9.78. The van der Waals surface area contributed by atoms with Crippen molar-refractivity contribution in [2.45, 2.75) is 19.4 Å². The molecule has 1 amide bonds. The fourth-order valence-corrected chi connectivity index (χ4v) is 3.73. The van der Waals surface area contributed by atoms with E-state index in [0.29, 0.717) is 12.0 Å². The number of para-hydroxylation sites is 2. The van der Waals surface area contributed by atoms with Crippen LogP contribution in [0.5, 0.6) is 0 Å². The van der Waals surface area contributed by atoms with Crippen molar-refractivity contribution >= 4 is 33.7 Å². The van der Waals surface area contributed by atoms with Crippen molar-refractivity contribution in [1.29, 1.82) is 0 Å². The van der Waals surface area contributed by atoms with Crippen LogP contribution in [-0.4, -0.2) is 30.0 Å². The van der Waals surface area contributed by atoms with Gasteiger partial charge in [-0.25, -0.2) is 9.78 Å². The van der Waals surface area contributed by atoms with E-state index in [4.69, 9.17) is 4.74 Å². The second-order valence-electron chi connectivity index (χ2n) is 7.26. The number of carbonyl (C=O) groups excluding carboxylic acids is 2. The number of carbonyl (C=O) groups is 2. The van der Waals surface area contributed by atoms with Gasteiger partial charge in [0.15, 0.2) is 0 Å². The van der Waals surface area contributed by atoms with Crippen LogP contribution in [0, 0.1) is 6.92 Å². The molecule has 150 valence electrons. The van der Waals surface area contributed by atoms with Gasteiger partial charge in [0.05, 0.1) is 23.7 Å². The summed E-state index contributed by atoms with van der Waals surface area (Å²) in [6.45, 7) is 1.99. The monoisotopic (exact) mass is 398 g/mol. The minimum atomic E-state index is -0.796. The van der Waals surface area contributed by atoms with Crippen LogP contribution >= 0.6 is 0 Å². The Morgan fingerprint density at radius 3 is 2.17 bits per heavy atom. The molecular weight excluding hydrogens is 376 g/mol. The van der Waals surface area contributed by atoms with Gasteiger partial charge >= 0.3 is 5.97 Å². The summed E-state index contributed by atoms with van der Waals surface area (Å²) in [5.74, 6) is -0.805. The van der Waals surface area contributed by atoms with Gasteiger partial charge < -0.3 is 10.1 Å². The van der Waals surface area contributed by atoms with Crippen LogP contribution in [0.1, 0.15) is 21.5 Å². The molecule has 4 aromatic rings. The lowest BCUT2D eigenvalue weighted by atomic mass is 10.00. The number of hydrogen-bond acceptors (Lipinski definition) is 4. The zero-order valence-corrected chi connectivity index (χ0v) is 16.9. The number of methoxy groups -OCH3 is 1. The summed E-state index contributed by atoms with van der Waals surface area (Å²) in [4.78, 5) is 30.5. The highest BCUT2D eigenvalue weighted by Gasteiger charge is 2.25. The van der Waals surface area contributed by atoms with Crippen molar-refractivity contribution in [3.63, 3.8) is 0 Å². The highest BCUT2D eigenvalue weighted by atomic mass is 16.5. The minimum absolute atomic E-state index is 0.326. The van der Waals surface area contributed by atoms with Gasteiger partial charge in [-0.05, 0) is 24.6 Å². The maximum absolute atomic E-state index is 13.4. The third kappa shape index (κ3) is 3.87. The molecule has 1 N–H and O–H groups in total. The van der Waals surface area contributed by atoms with Gasteiger partial charge in [0, 0.05) is 17.2 Å². The molecule has 0 saturated heterocycles. The summed E-state index contributed by atoms with van der Waals surface area (Å²) >= 11 is 0. The number of hydrogen-bond donors (Lipinski definition) is 1. The molecule has 0 aliphatic heterocycles. The maximum atomic E-state index is 13.4. The van der Waals surface area contributed by atoms with E-state index in [-0.39, 0.29) is 5.91 Å². The van der Waals surface area contributed by atoms with E-state index >= 15 is 0 Å². The molecule has 1 heterocycles. The Morgan fingerprint density at radius 1 is 0.933 bits per heavy atom. The first-order chi connectivity index (χ1) is 14.6. The zero-order chi connectivity index (χ0) is 21.1. The fourth-order valence-electron chi connectivity index (χ4n) is 3.73. The van der Waals surface area contributed by atoms with Gasteiger partial charge in [0.2, 0.25) is 0 Å². The van der Waals surface area contributed by atoms with E-state index in [1.807, 2.05) is 79.7 Å². The Labute approximate surface area is 174 Å². The summed E-state index contributed by atoms with van der Waals surface area (Å²) in [5, 5.41) is 4.38. The van der Waals surface area contributed by atoms with Crippen LogP contribution in [0.4, 0.5) is 0 Å². The molecule has 0 spiro atoms. The molecule has 0 radical (unpaired) electrons. The van der Waals surface area contributed by atoms with E-state index in [1.54, 1.807) is 0 Å². The second-order valence-corrected chi connectivity index (χ2v) is 7.26. The van der Waals surface area contributed by atoms with Crippen LogP contribution in [0.15, 0.2) is 72.8 Å². The van der Waals surface area contributed by atoms with Gasteiger partial charge in [0.25, 0.3) is 5.91 Å². The molecule has 1 atom stereocenters. The van der Waals surface area contributed by atoms with Gasteiger partial charge in [-0.1, -0.05) is 66.2 Å². The Morgan fingerprint density at radius 2 is 1.57 bits per heavy atom. The molecule has 30 heavy (non-hydrogen) atoms. The third-order valence-corrected chi connectivity index (χ3v) is 5.13. The third-order valence-electron chi connectivity index (χ3n) is 5.13. The predicted octanol–water partition coefficient (Wildman–Crippen LogP) is 4.21. The Bertz CT molecular complexity index is 1200. The predicted molar refractivity (Wildman–Crippen MR) is 117 cm³/mol. The molecule has 0 aliphatic carbocycles. The molecule has 0 aliphatic rings. The smallest absolute Gasteiger partial charge is 0.328 e. The average Bonchev–Trinajstić information content (AvgIpc) is 2.76. The number of nitrogens with zero attached hydrogens (tertiary/aromatic N) is 1. The lowest BCUT2D eigenvalue weighted by molar-refractivity contribution is -0.142. The second kappa shape index (κ2) is 8.33. The normalized spacial score (nSPS) is 11.9. The zero-order valence-electron chi connectivity index (χ0n) is 16.9. The van der Waals surface area contributed by atoms with Gasteiger partial charge in [-0.15, -0.1) is 0 Å². The van der Waals surface area contributed by atoms with Gasteiger partial charge in [-0.3, -0.25) is 4.79 Å². The topological polar surface area (TPSA) is 68.3 Å². The molecule has 3 aromatic carbocycles. The van der Waals surface area contributed by atoms with E-state index in [0.717, 1.165) is 32.9 Å². The lowest BCUT2D eigenvalue weighted by Gasteiger charge is -2.18. The molecule has 4 rings (SSSR count). The number of rotatable bonds is 5. The molecule has 5 nitrogen and oxygen atoms in total. The van der Waals surface area contributed by atoms with Crippen LogP contribution in [0.3, 0.4) is 0 Å².